The zero-order valence-corrected chi connectivity index (χ0v) is 17.5. The summed E-state index contributed by atoms with van der Waals surface area (Å²) in [6.07, 6.45) is 0.678. The summed E-state index contributed by atoms with van der Waals surface area (Å²) in [6, 6.07) is 28.3. The lowest BCUT2D eigenvalue weighted by molar-refractivity contribution is 0.103. The number of ketones is 1. The van der Waals surface area contributed by atoms with Crippen molar-refractivity contribution in [3.63, 3.8) is 0 Å². The number of thiocarbonyl (C=S) groups is 1. The molecule has 0 saturated carbocycles. The number of fused-ring (bicyclic) bond motifs is 2. The van der Waals surface area contributed by atoms with Gasteiger partial charge in [0.25, 0.3) is 0 Å². The average Bonchev–Trinajstić information content (AvgIpc) is 3.06. The van der Waals surface area contributed by atoms with Crippen molar-refractivity contribution in [2.24, 2.45) is 0 Å². The maximum atomic E-state index is 13.5. The first-order chi connectivity index (χ1) is 14.6. The number of hydrogen-bond donors (Lipinski definition) is 1. The van der Waals surface area contributed by atoms with Gasteiger partial charge in [0.2, 0.25) is 0 Å². The summed E-state index contributed by atoms with van der Waals surface area (Å²) in [4.78, 5) is 14.4. The molecule has 1 heterocycles. The molecule has 1 atom stereocenters. The number of hydrogen-bond acceptors (Lipinski definition) is 3. The van der Waals surface area contributed by atoms with Crippen molar-refractivity contribution in [3.8, 4) is 0 Å². The normalized spacial score (nSPS) is 17.5. The van der Waals surface area contributed by atoms with Crippen LogP contribution in [0.15, 0.2) is 102 Å². The van der Waals surface area contributed by atoms with E-state index >= 15 is 0 Å². The Bertz CT molecular complexity index is 1220. The molecule has 2 aliphatic rings. The van der Waals surface area contributed by atoms with Crippen LogP contribution in [0.3, 0.4) is 0 Å². The summed E-state index contributed by atoms with van der Waals surface area (Å²) in [5, 5.41) is 3.53. The highest BCUT2D eigenvalue weighted by Crippen LogP contribution is 2.46. The molecule has 0 saturated heterocycles. The van der Waals surface area contributed by atoms with Gasteiger partial charge in [-0.05, 0) is 23.6 Å². The van der Waals surface area contributed by atoms with Crippen LogP contribution in [0.4, 0.5) is 0 Å². The highest BCUT2D eigenvalue weighted by atomic mass is 32.1. The number of benzene rings is 3. The molecule has 1 N–H and O–H groups in total. The van der Waals surface area contributed by atoms with E-state index in [4.69, 9.17) is 12.2 Å². The van der Waals surface area contributed by atoms with E-state index in [1.54, 1.807) is 0 Å². The van der Waals surface area contributed by atoms with Crippen molar-refractivity contribution < 1.29 is 4.79 Å². The smallest absolute Gasteiger partial charge is 0.192 e. The average molecular weight is 408 g/mol. The van der Waals surface area contributed by atoms with Crippen molar-refractivity contribution in [1.82, 2.24) is 5.32 Å². The van der Waals surface area contributed by atoms with Crippen LogP contribution in [0.1, 0.15) is 39.9 Å². The SMILES string of the molecule is CC1=C(C(=S)Cc2ccccc2)C(c2ccccc2)C2=C(N1)c1ccccc1C2=O. The van der Waals surface area contributed by atoms with Crippen molar-refractivity contribution >= 4 is 28.6 Å². The van der Waals surface area contributed by atoms with Gasteiger partial charge in [0.15, 0.2) is 5.78 Å². The van der Waals surface area contributed by atoms with Crippen LogP contribution in [0.2, 0.25) is 0 Å². The van der Waals surface area contributed by atoms with Crippen molar-refractivity contribution in [2.45, 2.75) is 19.3 Å². The van der Waals surface area contributed by atoms with Gasteiger partial charge in [0.1, 0.15) is 0 Å². The van der Waals surface area contributed by atoms with E-state index in [2.05, 4.69) is 36.5 Å². The summed E-state index contributed by atoms with van der Waals surface area (Å²) in [6.45, 7) is 2.07. The third-order valence-corrected chi connectivity index (χ3v) is 6.25. The van der Waals surface area contributed by atoms with Gasteiger partial charge in [-0.25, -0.2) is 0 Å². The molecule has 0 aromatic heterocycles. The number of dihydropyridines is 1. The summed E-state index contributed by atoms with van der Waals surface area (Å²) >= 11 is 5.96. The van der Waals surface area contributed by atoms with Crippen LogP contribution in [-0.2, 0) is 6.42 Å². The van der Waals surface area contributed by atoms with Crippen molar-refractivity contribution in [3.05, 3.63) is 124 Å². The number of carbonyl (C=O) groups is 1. The summed E-state index contributed by atoms with van der Waals surface area (Å²) in [7, 11) is 0. The molecule has 30 heavy (non-hydrogen) atoms. The largest absolute Gasteiger partial charge is 0.358 e. The first-order valence-electron chi connectivity index (χ1n) is 10.1. The molecule has 5 rings (SSSR count). The molecule has 3 aromatic carbocycles. The second-order valence-corrected chi connectivity index (χ2v) is 8.25. The Morgan fingerprint density at radius 1 is 0.867 bits per heavy atom. The van der Waals surface area contributed by atoms with Crippen LogP contribution in [0, 0.1) is 0 Å². The fraction of sp³-hybridized carbons (Fsp3) is 0.111. The third-order valence-electron chi connectivity index (χ3n) is 5.89. The van der Waals surface area contributed by atoms with Gasteiger partial charge in [0.05, 0.1) is 5.70 Å². The fourth-order valence-electron chi connectivity index (χ4n) is 4.55. The van der Waals surface area contributed by atoms with Gasteiger partial charge >= 0.3 is 0 Å². The molecule has 0 spiro atoms. The minimum absolute atomic E-state index is 0.0921. The summed E-state index contributed by atoms with van der Waals surface area (Å²) in [5.41, 5.74) is 7.80. The molecule has 1 aliphatic carbocycles. The lowest BCUT2D eigenvalue weighted by Crippen LogP contribution is -2.28. The topological polar surface area (TPSA) is 29.1 Å². The Morgan fingerprint density at radius 3 is 2.17 bits per heavy atom. The third kappa shape index (κ3) is 3.03. The molecule has 0 amide bonds. The Hall–Kier alpha value is -3.30. The van der Waals surface area contributed by atoms with E-state index in [9.17, 15) is 4.79 Å². The molecular weight excluding hydrogens is 386 g/mol. The lowest BCUT2D eigenvalue weighted by Gasteiger charge is -2.31. The second kappa shape index (κ2) is 7.51. The minimum Gasteiger partial charge on any atom is -0.358 e. The molecule has 3 heteroatoms. The van der Waals surface area contributed by atoms with Gasteiger partial charge in [-0.3, -0.25) is 4.79 Å². The lowest BCUT2D eigenvalue weighted by atomic mass is 9.78. The number of rotatable bonds is 4. The predicted octanol–water partition coefficient (Wildman–Crippen LogP) is 5.87. The van der Waals surface area contributed by atoms with Crippen LogP contribution in [-0.4, -0.2) is 10.6 Å². The van der Waals surface area contributed by atoms with E-state index in [0.29, 0.717) is 6.42 Å². The number of nitrogens with one attached hydrogen (secondary N) is 1. The maximum absolute atomic E-state index is 13.5. The molecule has 2 nitrogen and oxygen atoms in total. The van der Waals surface area contributed by atoms with E-state index in [-0.39, 0.29) is 11.7 Å². The first kappa shape index (κ1) is 18.7. The Labute approximate surface area is 182 Å². The van der Waals surface area contributed by atoms with E-state index in [0.717, 1.165) is 44.1 Å². The quantitative estimate of drug-likeness (QED) is 0.549. The number of allylic oxidation sites excluding steroid dienone is 3. The summed E-state index contributed by atoms with van der Waals surface area (Å²) < 4.78 is 0. The highest BCUT2D eigenvalue weighted by Gasteiger charge is 2.41. The van der Waals surface area contributed by atoms with E-state index < -0.39 is 0 Å². The van der Waals surface area contributed by atoms with Crippen molar-refractivity contribution in [1.29, 1.82) is 0 Å². The summed E-state index contributed by atoms with van der Waals surface area (Å²) in [5.74, 6) is -0.0759. The zero-order valence-electron chi connectivity index (χ0n) is 16.7. The highest BCUT2D eigenvalue weighted by molar-refractivity contribution is 7.80. The molecular formula is C27H21NOS. The molecule has 0 radical (unpaired) electrons. The monoisotopic (exact) mass is 407 g/mol. The Morgan fingerprint density at radius 2 is 1.47 bits per heavy atom. The fourth-order valence-corrected chi connectivity index (χ4v) is 4.99. The minimum atomic E-state index is -0.168. The van der Waals surface area contributed by atoms with Gasteiger partial charge in [0, 0.05) is 39.6 Å². The second-order valence-electron chi connectivity index (χ2n) is 7.76. The van der Waals surface area contributed by atoms with Crippen LogP contribution < -0.4 is 5.32 Å². The van der Waals surface area contributed by atoms with Gasteiger partial charge < -0.3 is 5.32 Å². The Balaban J connectivity index is 1.64. The molecule has 1 unspecified atom stereocenters. The number of carbonyl (C=O) groups excluding carboxylic acids is 1. The molecule has 3 aromatic rings. The molecule has 0 fully saturated rings. The zero-order chi connectivity index (χ0) is 20.7. The van der Waals surface area contributed by atoms with Crippen LogP contribution in [0.25, 0.3) is 5.70 Å². The predicted molar refractivity (Wildman–Crippen MR) is 125 cm³/mol. The number of Topliss-reactive ketones (excluding diaryl/α,β-unsaturated/α-hetero) is 1. The maximum Gasteiger partial charge on any atom is 0.192 e. The van der Waals surface area contributed by atoms with E-state index in [1.807, 2.05) is 60.7 Å². The molecule has 146 valence electrons. The van der Waals surface area contributed by atoms with E-state index in [1.165, 1.54) is 5.56 Å². The van der Waals surface area contributed by atoms with Crippen LogP contribution in [0.5, 0.6) is 0 Å². The van der Waals surface area contributed by atoms with Gasteiger partial charge in [-0.15, -0.1) is 0 Å². The van der Waals surface area contributed by atoms with Crippen molar-refractivity contribution in [2.75, 3.05) is 0 Å². The van der Waals surface area contributed by atoms with Gasteiger partial charge in [-0.1, -0.05) is 97.1 Å². The van der Waals surface area contributed by atoms with Gasteiger partial charge in [-0.2, -0.15) is 0 Å². The standard InChI is InChI=1S/C27H21NOS/c1-17-23(22(30)16-18-10-4-2-5-11-18)24(19-12-6-3-7-13-19)25-26(28-17)20-14-8-9-15-21(20)27(25)29/h2-15,24,28H,16H2,1H3. The first-order valence-corrected chi connectivity index (χ1v) is 10.5. The van der Waals surface area contributed by atoms with Crippen LogP contribution >= 0.6 is 12.2 Å². The molecule has 1 aliphatic heterocycles. The molecule has 0 bridgehead atoms. The Kier molecular flexibility index (Phi) is 4.68.